The minimum Gasteiger partial charge on any atom is -0.482 e. The Balaban J connectivity index is 1.63. The fourth-order valence-corrected chi connectivity index (χ4v) is 3.93. The topological polar surface area (TPSA) is 47.6 Å². The molecule has 4 nitrogen and oxygen atoms in total. The third-order valence-corrected chi connectivity index (χ3v) is 5.80. The Morgan fingerprint density at radius 2 is 1.96 bits per heavy atom. The van der Waals surface area contributed by atoms with Crippen molar-refractivity contribution in [2.45, 2.75) is 18.3 Å². The largest absolute Gasteiger partial charge is 0.482 e. The van der Waals surface area contributed by atoms with Crippen molar-refractivity contribution in [1.29, 1.82) is 0 Å². The summed E-state index contributed by atoms with van der Waals surface area (Å²) in [7, 11) is 0. The van der Waals surface area contributed by atoms with Gasteiger partial charge in [0, 0.05) is 40.7 Å². The summed E-state index contributed by atoms with van der Waals surface area (Å²) in [5.74, 6) is 0.194. The average Bonchev–Trinajstić information content (AvgIpc) is 2.68. The van der Waals surface area contributed by atoms with Crippen LogP contribution in [0.2, 0.25) is 10.0 Å². The molecule has 1 N–H and O–H groups in total. The third kappa shape index (κ3) is 5.38. The molecule has 1 amide bonds. The van der Waals surface area contributed by atoms with Crippen molar-refractivity contribution >= 4 is 45.0 Å². The van der Waals surface area contributed by atoms with Gasteiger partial charge in [-0.3, -0.25) is 4.79 Å². The summed E-state index contributed by atoms with van der Waals surface area (Å²) in [6.07, 6.45) is 1.70. The Morgan fingerprint density at radius 1 is 1.19 bits per heavy atom. The van der Waals surface area contributed by atoms with Crippen molar-refractivity contribution in [1.82, 2.24) is 5.32 Å². The summed E-state index contributed by atoms with van der Waals surface area (Å²) in [5, 5.41) is 3.93. The Hall–Kier alpha value is -1.27. The highest BCUT2D eigenvalue weighted by atomic mass is 79.9. The summed E-state index contributed by atoms with van der Waals surface area (Å²) in [5.41, 5.74) is 1.05. The van der Waals surface area contributed by atoms with Crippen molar-refractivity contribution in [3.63, 3.8) is 0 Å². The van der Waals surface area contributed by atoms with Gasteiger partial charge in [-0.2, -0.15) is 0 Å². The SMILES string of the molecule is O=C(COc1cc(Cl)ccc1Cl)NCC1(c2cccc(Br)c2)CCOCC1. The quantitative estimate of drug-likeness (QED) is 0.643. The molecule has 1 aliphatic heterocycles. The first-order chi connectivity index (χ1) is 13.0. The lowest BCUT2D eigenvalue weighted by molar-refractivity contribution is -0.123. The fourth-order valence-electron chi connectivity index (χ4n) is 3.20. The second-order valence-corrected chi connectivity index (χ2v) is 8.30. The number of amides is 1. The van der Waals surface area contributed by atoms with Gasteiger partial charge in [0.25, 0.3) is 5.91 Å². The maximum Gasteiger partial charge on any atom is 0.257 e. The van der Waals surface area contributed by atoms with Crippen molar-refractivity contribution in [2.24, 2.45) is 0 Å². The van der Waals surface area contributed by atoms with Crippen LogP contribution in [0.15, 0.2) is 46.9 Å². The van der Waals surface area contributed by atoms with E-state index in [4.69, 9.17) is 32.7 Å². The van der Waals surface area contributed by atoms with E-state index in [1.807, 2.05) is 12.1 Å². The monoisotopic (exact) mass is 471 g/mol. The Kier molecular flexibility index (Phi) is 7.04. The number of ether oxygens (including phenoxy) is 2. The van der Waals surface area contributed by atoms with Crippen LogP contribution in [-0.4, -0.2) is 32.3 Å². The van der Waals surface area contributed by atoms with E-state index in [1.54, 1.807) is 18.2 Å². The first-order valence-corrected chi connectivity index (χ1v) is 10.2. The molecule has 2 aromatic carbocycles. The lowest BCUT2D eigenvalue weighted by Crippen LogP contribution is -2.45. The standard InChI is InChI=1S/C20H20BrCl2NO3/c21-15-3-1-2-14(10-15)20(6-8-26-9-7-20)13-24-19(25)12-27-18-11-16(22)4-5-17(18)23/h1-5,10-11H,6-9,12-13H2,(H,24,25). The molecule has 0 unspecified atom stereocenters. The highest BCUT2D eigenvalue weighted by molar-refractivity contribution is 9.10. The molecular formula is C20H20BrCl2NO3. The number of benzene rings is 2. The highest BCUT2D eigenvalue weighted by Crippen LogP contribution is 2.35. The van der Waals surface area contributed by atoms with Gasteiger partial charge in [-0.15, -0.1) is 0 Å². The van der Waals surface area contributed by atoms with Crippen LogP contribution >= 0.6 is 39.1 Å². The second-order valence-electron chi connectivity index (χ2n) is 6.54. The fraction of sp³-hybridized carbons (Fsp3) is 0.350. The van der Waals surface area contributed by atoms with Crippen molar-refractivity contribution in [2.75, 3.05) is 26.4 Å². The number of rotatable bonds is 6. The van der Waals surface area contributed by atoms with Crippen LogP contribution in [0.3, 0.4) is 0 Å². The molecule has 3 rings (SSSR count). The first kappa shape index (κ1) is 20.5. The molecule has 0 bridgehead atoms. The molecular weight excluding hydrogens is 453 g/mol. The Morgan fingerprint density at radius 3 is 2.70 bits per heavy atom. The lowest BCUT2D eigenvalue weighted by Gasteiger charge is -2.38. The molecule has 2 aromatic rings. The smallest absolute Gasteiger partial charge is 0.257 e. The molecule has 0 spiro atoms. The minimum atomic E-state index is -0.202. The lowest BCUT2D eigenvalue weighted by atomic mass is 9.74. The molecule has 0 radical (unpaired) electrons. The van der Waals surface area contributed by atoms with Gasteiger partial charge in [-0.1, -0.05) is 51.3 Å². The molecule has 0 atom stereocenters. The van der Waals surface area contributed by atoms with Crippen LogP contribution in [0.25, 0.3) is 0 Å². The van der Waals surface area contributed by atoms with Crippen LogP contribution in [-0.2, 0) is 14.9 Å². The van der Waals surface area contributed by atoms with Gasteiger partial charge in [0.1, 0.15) is 5.75 Å². The van der Waals surface area contributed by atoms with Gasteiger partial charge in [-0.05, 0) is 42.7 Å². The van der Waals surface area contributed by atoms with E-state index >= 15 is 0 Å². The van der Waals surface area contributed by atoms with E-state index in [0.29, 0.717) is 35.6 Å². The maximum atomic E-state index is 12.3. The van der Waals surface area contributed by atoms with E-state index in [1.165, 1.54) is 5.56 Å². The van der Waals surface area contributed by atoms with Gasteiger partial charge < -0.3 is 14.8 Å². The Bertz CT molecular complexity index is 810. The molecule has 0 aliphatic carbocycles. The molecule has 0 aromatic heterocycles. The summed E-state index contributed by atoms with van der Waals surface area (Å²) in [4.78, 5) is 12.3. The summed E-state index contributed by atoms with van der Waals surface area (Å²) in [6, 6.07) is 13.1. The molecule has 0 saturated carbocycles. The summed E-state index contributed by atoms with van der Waals surface area (Å²) in [6.45, 7) is 1.76. The molecule has 1 aliphatic rings. The van der Waals surface area contributed by atoms with Crippen LogP contribution in [0.1, 0.15) is 18.4 Å². The molecule has 7 heteroatoms. The van der Waals surface area contributed by atoms with Crippen molar-refractivity contribution in [3.8, 4) is 5.75 Å². The predicted octanol–water partition coefficient (Wildman–Crippen LogP) is 5.00. The zero-order valence-electron chi connectivity index (χ0n) is 14.6. The predicted molar refractivity (Wildman–Crippen MR) is 111 cm³/mol. The zero-order valence-corrected chi connectivity index (χ0v) is 17.7. The molecule has 27 heavy (non-hydrogen) atoms. The van der Waals surface area contributed by atoms with E-state index < -0.39 is 0 Å². The number of nitrogens with one attached hydrogen (secondary N) is 1. The van der Waals surface area contributed by atoms with E-state index in [0.717, 1.165) is 17.3 Å². The van der Waals surface area contributed by atoms with Crippen LogP contribution < -0.4 is 10.1 Å². The zero-order chi connectivity index (χ0) is 19.3. The number of carbonyl (C=O) groups excluding carboxylic acids is 1. The van der Waals surface area contributed by atoms with E-state index in [2.05, 4.69) is 33.4 Å². The molecule has 1 saturated heterocycles. The molecule has 144 valence electrons. The normalized spacial score (nSPS) is 16.0. The molecule has 1 fully saturated rings. The maximum absolute atomic E-state index is 12.3. The van der Waals surface area contributed by atoms with Gasteiger partial charge in [-0.25, -0.2) is 0 Å². The van der Waals surface area contributed by atoms with Crippen LogP contribution in [0.4, 0.5) is 0 Å². The van der Waals surface area contributed by atoms with E-state index in [-0.39, 0.29) is 17.9 Å². The summed E-state index contributed by atoms with van der Waals surface area (Å²) >= 11 is 15.5. The number of halogens is 3. The van der Waals surface area contributed by atoms with Gasteiger partial charge in [0.15, 0.2) is 6.61 Å². The third-order valence-electron chi connectivity index (χ3n) is 4.76. The summed E-state index contributed by atoms with van der Waals surface area (Å²) < 4.78 is 12.1. The Labute approximate surface area is 177 Å². The van der Waals surface area contributed by atoms with Gasteiger partial charge in [0.2, 0.25) is 0 Å². The van der Waals surface area contributed by atoms with Crippen LogP contribution in [0, 0.1) is 0 Å². The van der Waals surface area contributed by atoms with Crippen molar-refractivity contribution < 1.29 is 14.3 Å². The van der Waals surface area contributed by atoms with Crippen LogP contribution in [0.5, 0.6) is 5.75 Å². The average molecular weight is 473 g/mol. The van der Waals surface area contributed by atoms with Gasteiger partial charge in [0.05, 0.1) is 5.02 Å². The number of carbonyl (C=O) groups is 1. The van der Waals surface area contributed by atoms with Crippen molar-refractivity contribution in [3.05, 3.63) is 62.5 Å². The minimum absolute atomic E-state index is 0.120. The van der Waals surface area contributed by atoms with E-state index in [9.17, 15) is 4.79 Å². The number of hydrogen-bond acceptors (Lipinski definition) is 3. The number of hydrogen-bond donors (Lipinski definition) is 1. The second kappa shape index (κ2) is 9.28. The van der Waals surface area contributed by atoms with Gasteiger partial charge >= 0.3 is 0 Å². The first-order valence-electron chi connectivity index (χ1n) is 8.67. The highest BCUT2D eigenvalue weighted by Gasteiger charge is 2.35. The molecule has 1 heterocycles.